The molecular formula is C23H21N7O2. The van der Waals surface area contributed by atoms with E-state index in [0.29, 0.717) is 30.2 Å². The van der Waals surface area contributed by atoms with Crippen LogP contribution in [0.5, 0.6) is 0 Å². The summed E-state index contributed by atoms with van der Waals surface area (Å²) in [6, 6.07) is 14.9. The molecule has 1 unspecified atom stereocenters. The van der Waals surface area contributed by atoms with E-state index in [2.05, 4.69) is 37.7 Å². The number of fused-ring (bicyclic) bond motifs is 1. The monoisotopic (exact) mass is 427 g/mol. The summed E-state index contributed by atoms with van der Waals surface area (Å²) in [4.78, 5) is 37.1. The molecule has 0 saturated carbocycles. The van der Waals surface area contributed by atoms with Gasteiger partial charge in [-0.25, -0.2) is 15.0 Å². The molecule has 9 heteroatoms. The molecule has 1 atom stereocenters. The smallest absolute Gasteiger partial charge is 0.267 e. The van der Waals surface area contributed by atoms with E-state index in [1.165, 1.54) is 11.6 Å². The summed E-state index contributed by atoms with van der Waals surface area (Å²) in [5.41, 5.74) is 10.1. The fourth-order valence-corrected chi connectivity index (χ4v) is 3.75. The molecule has 0 spiro atoms. The molecule has 1 aliphatic rings. The Bertz CT molecular complexity index is 1340. The Labute approximate surface area is 183 Å². The molecule has 3 heterocycles. The minimum atomic E-state index is -0.669. The van der Waals surface area contributed by atoms with Crippen molar-refractivity contribution in [2.24, 2.45) is 5.73 Å². The van der Waals surface area contributed by atoms with Crippen molar-refractivity contribution in [1.29, 1.82) is 0 Å². The number of nitrogens with two attached hydrogens (primary N) is 1. The molecule has 0 radical (unpaired) electrons. The van der Waals surface area contributed by atoms with E-state index >= 15 is 0 Å². The number of aryl methyl sites for hydroxylation is 1. The van der Waals surface area contributed by atoms with Crippen molar-refractivity contribution in [2.75, 3.05) is 11.9 Å². The summed E-state index contributed by atoms with van der Waals surface area (Å²) in [5, 5.41) is 5.84. The molecule has 32 heavy (non-hydrogen) atoms. The highest BCUT2D eigenvalue weighted by atomic mass is 16.2. The summed E-state index contributed by atoms with van der Waals surface area (Å²) >= 11 is 0. The van der Waals surface area contributed by atoms with Crippen LogP contribution in [0.25, 0.3) is 28.1 Å². The third-order valence-corrected chi connectivity index (χ3v) is 5.47. The summed E-state index contributed by atoms with van der Waals surface area (Å²) in [7, 11) is 0. The van der Waals surface area contributed by atoms with Gasteiger partial charge in [0.1, 0.15) is 23.9 Å². The highest BCUT2D eigenvalue weighted by Gasteiger charge is 2.25. The number of imidazole rings is 1. The van der Waals surface area contributed by atoms with E-state index < -0.39 is 11.9 Å². The van der Waals surface area contributed by atoms with Gasteiger partial charge in [-0.3, -0.25) is 14.2 Å². The van der Waals surface area contributed by atoms with Crippen molar-refractivity contribution in [3.05, 3.63) is 66.1 Å². The van der Waals surface area contributed by atoms with Gasteiger partial charge in [0.05, 0.1) is 11.0 Å². The first-order chi connectivity index (χ1) is 15.5. The molecule has 2 amide bonds. The van der Waals surface area contributed by atoms with Gasteiger partial charge >= 0.3 is 0 Å². The molecule has 1 saturated heterocycles. The lowest BCUT2D eigenvalue weighted by Gasteiger charge is -2.12. The summed E-state index contributed by atoms with van der Waals surface area (Å²) in [6.07, 6.45) is 2.40. The Morgan fingerprint density at radius 2 is 1.97 bits per heavy atom. The van der Waals surface area contributed by atoms with Crippen molar-refractivity contribution in [1.82, 2.24) is 24.8 Å². The fourth-order valence-electron chi connectivity index (χ4n) is 3.75. The molecule has 1 aliphatic heterocycles. The number of carbonyl (C=O) groups excluding carboxylic acids is 2. The second-order valence-electron chi connectivity index (χ2n) is 7.76. The van der Waals surface area contributed by atoms with E-state index in [1.54, 1.807) is 6.33 Å². The molecule has 1 fully saturated rings. The van der Waals surface area contributed by atoms with Gasteiger partial charge < -0.3 is 16.4 Å². The lowest BCUT2D eigenvalue weighted by Crippen LogP contribution is -2.30. The minimum Gasteiger partial charge on any atom is -0.364 e. The van der Waals surface area contributed by atoms with Crippen LogP contribution < -0.4 is 16.4 Å². The highest BCUT2D eigenvalue weighted by Crippen LogP contribution is 2.25. The average molecular weight is 427 g/mol. The second-order valence-corrected chi connectivity index (χ2v) is 7.76. The predicted molar refractivity (Wildman–Crippen MR) is 120 cm³/mol. The van der Waals surface area contributed by atoms with Crippen LogP contribution in [0.2, 0.25) is 0 Å². The van der Waals surface area contributed by atoms with E-state index in [1.807, 2.05) is 41.8 Å². The molecule has 160 valence electrons. The molecule has 4 N–H and O–H groups in total. The Hall–Kier alpha value is -4.27. The molecule has 5 rings (SSSR count). The molecule has 0 aliphatic carbocycles. The van der Waals surface area contributed by atoms with Gasteiger partial charge in [0.15, 0.2) is 5.82 Å². The fraction of sp³-hybridized carbons (Fsp3) is 0.174. The van der Waals surface area contributed by atoms with Crippen LogP contribution in [0, 0.1) is 6.92 Å². The van der Waals surface area contributed by atoms with Crippen molar-refractivity contribution in [2.45, 2.75) is 19.4 Å². The van der Waals surface area contributed by atoms with Gasteiger partial charge in [0.2, 0.25) is 5.91 Å². The van der Waals surface area contributed by atoms with Crippen LogP contribution in [0.15, 0.2) is 54.9 Å². The van der Waals surface area contributed by atoms with Crippen LogP contribution >= 0.6 is 0 Å². The maximum atomic E-state index is 11.9. The number of hydrogen-bond donors (Lipinski definition) is 3. The van der Waals surface area contributed by atoms with E-state index in [-0.39, 0.29) is 11.6 Å². The number of rotatable bonds is 5. The highest BCUT2D eigenvalue weighted by molar-refractivity contribution is 5.93. The topological polar surface area (TPSA) is 128 Å². The van der Waals surface area contributed by atoms with Crippen LogP contribution in [0.1, 0.15) is 22.5 Å². The van der Waals surface area contributed by atoms with E-state index in [9.17, 15) is 9.59 Å². The molecule has 4 aromatic rings. The third kappa shape index (κ3) is 3.64. The predicted octanol–water partition coefficient (Wildman–Crippen LogP) is 2.19. The van der Waals surface area contributed by atoms with Gasteiger partial charge in [0.25, 0.3) is 5.91 Å². The number of hydrogen-bond acceptors (Lipinski definition) is 6. The number of nitrogens with one attached hydrogen (secondary N) is 2. The van der Waals surface area contributed by atoms with Crippen molar-refractivity contribution < 1.29 is 9.59 Å². The lowest BCUT2D eigenvalue weighted by atomic mass is 10.1. The number of nitrogens with zero attached hydrogens (tertiary/aromatic N) is 4. The first-order valence-corrected chi connectivity index (χ1v) is 10.3. The van der Waals surface area contributed by atoms with Crippen LogP contribution in [-0.2, 0) is 4.79 Å². The third-order valence-electron chi connectivity index (χ3n) is 5.47. The summed E-state index contributed by atoms with van der Waals surface area (Å²) in [5.74, 6) is -0.0729. The maximum Gasteiger partial charge on any atom is 0.267 e. The van der Waals surface area contributed by atoms with Crippen molar-refractivity contribution >= 4 is 28.7 Å². The normalized spacial score (nSPS) is 15.7. The summed E-state index contributed by atoms with van der Waals surface area (Å²) < 4.78 is 2.00. The second kappa shape index (κ2) is 7.77. The SMILES string of the molecule is Cc1ccc(-n2cnc3cc(-c4nc(NC5CCNC5=O)cc(C(N)=O)n4)ccc32)cc1. The zero-order chi connectivity index (χ0) is 22.2. The minimum absolute atomic E-state index is 0.0705. The quantitative estimate of drug-likeness (QED) is 0.448. The standard InChI is InChI=1S/C23H21N7O2/c1-13-2-5-15(6-3-13)30-12-26-17-10-14(4-7-19(17)30)22-28-18(21(24)31)11-20(29-22)27-16-8-9-25-23(16)32/h2-7,10-12,16H,8-9H2,1H3,(H2,24,31)(H,25,32)(H,27,28,29). The average Bonchev–Trinajstić information content (AvgIpc) is 3.39. The summed E-state index contributed by atoms with van der Waals surface area (Å²) in [6.45, 7) is 2.64. The van der Waals surface area contributed by atoms with Crippen LogP contribution in [-0.4, -0.2) is 43.9 Å². The molecule has 2 aromatic heterocycles. The zero-order valence-electron chi connectivity index (χ0n) is 17.4. The molecular weight excluding hydrogens is 406 g/mol. The van der Waals surface area contributed by atoms with E-state index in [0.717, 1.165) is 16.7 Å². The van der Waals surface area contributed by atoms with Gasteiger partial charge in [-0.2, -0.15) is 0 Å². The number of benzene rings is 2. The Morgan fingerprint density at radius 3 is 2.69 bits per heavy atom. The van der Waals surface area contributed by atoms with Crippen molar-refractivity contribution in [3.63, 3.8) is 0 Å². The van der Waals surface area contributed by atoms with Crippen molar-refractivity contribution in [3.8, 4) is 17.1 Å². The molecule has 2 aromatic carbocycles. The lowest BCUT2D eigenvalue weighted by molar-refractivity contribution is -0.119. The molecule has 0 bridgehead atoms. The first-order valence-electron chi connectivity index (χ1n) is 10.3. The van der Waals surface area contributed by atoms with Gasteiger partial charge in [-0.1, -0.05) is 17.7 Å². The van der Waals surface area contributed by atoms with Crippen LogP contribution in [0.3, 0.4) is 0 Å². The Morgan fingerprint density at radius 1 is 1.16 bits per heavy atom. The first kappa shape index (κ1) is 19.7. The largest absolute Gasteiger partial charge is 0.364 e. The number of aromatic nitrogens is 4. The Kier molecular flexibility index (Phi) is 4.78. The number of anilines is 1. The molecule has 9 nitrogen and oxygen atoms in total. The van der Waals surface area contributed by atoms with Gasteiger partial charge in [0, 0.05) is 23.9 Å². The van der Waals surface area contributed by atoms with Gasteiger partial charge in [-0.15, -0.1) is 0 Å². The number of primary amides is 1. The van der Waals surface area contributed by atoms with E-state index in [4.69, 9.17) is 5.73 Å². The number of carbonyl (C=O) groups is 2. The van der Waals surface area contributed by atoms with Crippen LogP contribution in [0.4, 0.5) is 5.82 Å². The number of amides is 2. The Balaban J connectivity index is 1.53. The zero-order valence-corrected chi connectivity index (χ0v) is 17.4. The maximum absolute atomic E-state index is 11.9. The van der Waals surface area contributed by atoms with Gasteiger partial charge in [-0.05, 0) is 43.7 Å².